The van der Waals surface area contributed by atoms with E-state index in [1.807, 2.05) is 41.5 Å². The van der Waals surface area contributed by atoms with E-state index in [1.54, 1.807) is 0 Å². The SMILES string of the molecule is CC(=O)/C(C=N[C@H](c1c(C)cc(C)cc1C)[C@H](N=C/C(C(C)=O)=C(\C)[O-])c1c(C)cc(C)cc1C)=C(/C)[O-].[Co+2]. The van der Waals surface area contributed by atoms with E-state index in [0.717, 1.165) is 44.5 Å². The van der Waals surface area contributed by atoms with Crippen LogP contribution < -0.4 is 10.2 Å². The first kappa shape index (κ1) is 33.7. The van der Waals surface area contributed by atoms with Gasteiger partial charge in [0.15, 0.2) is 11.6 Å². The van der Waals surface area contributed by atoms with Crippen LogP contribution in [0, 0.1) is 41.5 Å². The minimum atomic E-state index is -0.638. The molecule has 0 saturated heterocycles. The Balaban J connectivity index is 0.00000760. The summed E-state index contributed by atoms with van der Waals surface area (Å²) in [6.07, 6.45) is 2.69. The summed E-state index contributed by atoms with van der Waals surface area (Å²) in [4.78, 5) is 34.1. The summed E-state index contributed by atoms with van der Waals surface area (Å²) in [6, 6.07) is 6.96. The molecule has 1 radical (unpaired) electrons. The zero-order valence-corrected chi connectivity index (χ0v) is 25.5. The van der Waals surface area contributed by atoms with Crippen molar-refractivity contribution in [3.8, 4) is 0 Å². The van der Waals surface area contributed by atoms with Crippen LogP contribution in [0.3, 0.4) is 0 Å². The number of allylic oxidation sites excluding steroid dienone is 4. The topological polar surface area (TPSA) is 105 Å². The van der Waals surface area contributed by atoms with Crippen molar-refractivity contribution < 1.29 is 36.6 Å². The van der Waals surface area contributed by atoms with Gasteiger partial charge in [0.05, 0.1) is 0 Å². The van der Waals surface area contributed by atoms with E-state index in [4.69, 9.17) is 9.98 Å². The van der Waals surface area contributed by atoms with Gasteiger partial charge >= 0.3 is 16.8 Å². The fraction of sp³-hybridized carbons (Fsp3) is 0.375. The predicted molar refractivity (Wildman–Crippen MR) is 151 cm³/mol. The molecule has 0 heterocycles. The minimum absolute atomic E-state index is 0. The number of aryl methyl sites for hydroxylation is 6. The first-order valence-electron chi connectivity index (χ1n) is 12.6. The molecule has 0 spiro atoms. The van der Waals surface area contributed by atoms with Crippen molar-refractivity contribution in [2.45, 2.75) is 81.3 Å². The third-order valence-electron chi connectivity index (χ3n) is 6.61. The van der Waals surface area contributed by atoms with Gasteiger partial charge in [-0.3, -0.25) is 19.6 Å². The number of aliphatic imine (C=N–C) groups is 2. The maximum atomic E-state index is 12.2. The third kappa shape index (κ3) is 8.34. The van der Waals surface area contributed by atoms with Crippen LogP contribution in [0.5, 0.6) is 0 Å². The van der Waals surface area contributed by atoms with Crippen molar-refractivity contribution >= 4 is 24.0 Å². The molecule has 39 heavy (non-hydrogen) atoms. The van der Waals surface area contributed by atoms with Crippen LogP contribution in [0.15, 0.2) is 56.9 Å². The van der Waals surface area contributed by atoms with Crippen LogP contribution in [-0.4, -0.2) is 24.0 Å². The fourth-order valence-electron chi connectivity index (χ4n) is 5.11. The Bertz CT molecular complexity index is 1220. The monoisotopic (exact) mass is 573 g/mol. The quantitative estimate of drug-likeness (QED) is 0.242. The number of ketones is 2. The number of Topliss-reactive ketones (excluding diaryl/α,β-unsaturated/α-hetero) is 2. The third-order valence-corrected chi connectivity index (χ3v) is 6.61. The number of hydrogen-bond acceptors (Lipinski definition) is 6. The molecule has 0 aromatic heterocycles. The molecule has 0 bridgehead atoms. The molecule has 7 heteroatoms. The molecule has 0 aliphatic carbocycles. The molecule has 0 fully saturated rings. The summed E-state index contributed by atoms with van der Waals surface area (Å²) >= 11 is 0. The van der Waals surface area contributed by atoms with Crippen LogP contribution in [-0.2, 0) is 26.4 Å². The molecule has 209 valence electrons. The smallest absolute Gasteiger partial charge is 0.875 e. The standard InChI is InChI=1S/C32H40N2O4.Co/c1-17-11-19(3)29(20(4)12-17)31(33-15-27(23(7)35)24(8)36)32(34-16-28(25(9)37)26(10)38)30-21(5)13-18(2)14-22(30)6;/h11-16,31-32,35,37H,1-10H3;/q;+2/p-2/b27-23-,28-25-,33-15?,34-16?;/t31-,32-;/m1./s1. The van der Waals surface area contributed by atoms with Gasteiger partial charge in [0.2, 0.25) is 0 Å². The van der Waals surface area contributed by atoms with Crippen molar-refractivity contribution in [2.24, 2.45) is 9.98 Å². The Hall–Kier alpha value is -3.29. The van der Waals surface area contributed by atoms with Gasteiger partial charge in [-0.25, -0.2) is 0 Å². The van der Waals surface area contributed by atoms with Gasteiger partial charge in [-0.1, -0.05) is 49.2 Å². The first-order valence-corrected chi connectivity index (χ1v) is 12.6. The van der Waals surface area contributed by atoms with Gasteiger partial charge in [-0.15, -0.1) is 11.5 Å². The van der Waals surface area contributed by atoms with E-state index in [2.05, 4.69) is 24.3 Å². The van der Waals surface area contributed by atoms with Crippen molar-refractivity contribution in [1.29, 1.82) is 0 Å². The molecule has 2 aromatic rings. The summed E-state index contributed by atoms with van der Waals surface area (Å²) in [5, 5.41) is 24.4. The molecule has 0 amide bonds. The summed E-state index contributed by atoms with van der Waals surface area (Å²) in [7, 11) is 0. The molecule has 2 rings (SSSR count). The number of rotatable bonds is 9. The summed E-state index contributed by atoms with van der Waals surface area (Å²) in [5.74, 6) is -1.49. The molecule has 0 N–H and O–H groups in total. The predicted octanol–water partition coefficient (Wildman–Crippen LogP) is 4.91. The second kappa shape index (κ2) is 14.2. The van der Waals surface area contributed by atoms with Crippen LogP contribution in [0.2, 0.25) is 0 Å². The largest absolute Gasteiger partial charge is 2.00 e. The maximum absolute atomic E-state index is 12.2. The first-order chi connectivity index (χ1) is 17.6. The Morgan fingerprint density at radius 1 is 0.615 bits per heavy atom. The number of carbonyl (C=O) groups is 2. The Morgan fingerprint density at radius 3 is 1.08 bits per heavy atom. The Morgan fingerprint density at radius 2 is 0.872 bits per heavy atom. The van der Waals surface area contributed by atoms with E-state index in [0.29, 0.717) is 0 Å². The van der Waals surface area contributed by atoms with E-state index in [9.17, 15) is 19.8 Å². The molecule has 0 saturated carbocycles. The second-order valence-electron chi connectivity index (χ2n) is 10.1. The number of nitrogens with zero attached hydrogens (tertiary/aromatic N) is 2. The van der Waals surface area contributed by atoms with Crippen LogP contribution >= 0.6 is 0 Å². The molecular formula is C32H38CoN2O4. The fourth-order valence-corrected chi connectivity index (χ4v) is 5.11. The number of benzene rings is 2. The van der Waals surface area contributed by atoms with E-state index in [-0.39, 0.29) is 51.0 Å². The van der Waals surface area contributed by atoms with Gasteiger partial charge in [0, 0.05) is 23.6 Å². The van der Waals surface area contributed by atoms with Gasteiger partial charge in [-0.2, -0.15) is 0 Å². The van der Waals surface area contributed by atoms with Gasteiger partial charge in [0.25, 0.3) is 0 Å². The number of hydrogen-bond donors (Lipinski definition) is 0. The second-order valence-corrected chi connectivity index (χ2v) is 10.1. The summed E-state index contributed by atoms with van der Waals surface area (Å²) < 4.78 is 0. The van der Waals surface area contributed by atoms with Crippen LogP contribution in [0.25, 0.3) is 0 Å². The normalized spacial score (nSPS) is 14.5. The zero-order chi connectivity index (χ0) is 28.9. The van der Waals surface area contributed by atoms with Crippen molar-refractivity contribution in [3.63, 3.8) is 0 Å². The van der Waals surface area contributed by atoms with Gasteiger partial charge in [0.1, 0.15) is 12.1 Å². The Labute approximate surface area is 242 Å². The number of carbonyl (C=O) groups excluding carboxylic acids is 2. The minimum Gasteiger partial charge on any atom is -0.875 e. The van der Waals surface area contributed by atoms with Crippen molar-refractivity contribution in [1.82, 2.24) is 0 Å². The Kier molecular flexibility index (Phi) is 12.3. The van der Waals surface area contributed by atoms with Gasteiger partial charge < -0.3 is 10.2 Å². The molecular weight excluding hydrogens is 535 g/mol. The molecule has 0 unspecified atom stereocenters. The molecule has 6 nitrogen and oxygen atoms in total. The molecule has 0 aliphatic heterocycles. The van der Waals surface area contributed by atoms with Crippen LogP contribution in [0.1, 0.15) is 84.3 Å². The van der Waals surface area contributed by atoms with Gasteiger partial charge in [-0.05, 0) is 88.8 Å². The van der Waals surface area contributed by atoms with E-state index >= 15 is 0 Å². The molecule has 0 aliphatic rings. The zero-order valence-electron chi connectivity index (χ0n) is 24.5. The average Bonchev–Trinajstić information content (AvgIpc) is 2.74. The van der Waals surface area contributed by atoms with Crippen molar-refractivity contribution in [3.05, 3.63) is 91.4 Å². The molecule has 2 atom stereocenters. The van der Waals surface area contributed by atoms with Crippen LogP contribution in [0.4, 0.5) is 0 Å². The summed E-state index contributed by atoms with van der Waals surface area (Å²) in [5.41, 5.74) is 7.95. The van der Waals surface area contributed by atoms with E-state index in [1.165, 1.54) is 40.1 Å². The maximum Gasteiger partial charge on any atom is 2.00 e. The molecule has 2 aromatic carbocycles. The van der Waals surface area contributed by atoms with Crippen molar-refractivity contribution in [2.75, 3.05) is 0 Å². The average molecular weight is 574 g/mol. The summed E-state index contributed by atoms with van der Waals surface area (Å²) in [6.45, 7) is 17.4. The van der Waals surface area contributed by atoms with E-state index < -0.39 is 12.1 Å².